The first-order chi connectivity index (χ1) is 9.88. The summed E-state index contributed by atoms with van der Waals surface area (Å²) in [5.41, 5.74) is 1.32. The van der Waals surface area contributed by atoms with Gasteiger partial charge in [0.2, 0.25) is 0 Å². The zero-order valence-electron chi connectivity index (χ0n) is 11.8. The third kappa shape index (κ3) is 3.88. The Labute approximate surface area is 124 Å². The lowest BCUT2D eigenvalue weighted by Gasteiger charge is -2.14. The number of pyridine rings is 1. The van der Waals surface area contributed by atoms with Gasteiger partial charge >= 0.3 is 0 Å². The first-order valence-corrected chi connectivity index (χ1v) is 8.28. The fourth-order valence-electron chi connectivity index (χ4n) is 1.86. The minimum atomic E-state index is -3.21. The van der Waals surface area contributed by atoms with Crippen molar-refractivity contribution >= 4 is 15.7 Å². The van der Waals surface area contributed by atoms with Crippen LogP contribution in [0.25, 0.3) is 0 Å². The van der Waals surface area contributed by atoms with Crippen LogP contribution in [0, 0.1) is 0 Å². The lowest BCUT2D eigenvalue weighted by Crippen LogP contribution is -2.26. The van der Waals surface area contributed by atoms with Gasteiger partial charge in [-0.05, 0) is 36.8 Å². The Kier molecular flexibility index (Phi) is 4.37. The maximum atomic E-state index is 12.0. The molecule has 1 aromatic carbocycles. The fourth-order valence-corrected chi connectivity index (χ4v) is 2.49. The van der Waals surface area contributed by atoms with Crippen LogP contribution < -0.4 is 5.32 Å². The lowest BCUT2D eigenvalue weighted by molar-refractivity contribution is 0.0939. The highest BCUT2D eigenvalue weighted by atomic mass is 32.2. The summed E-state index contributed by atoms with van der Waals surface area (Å²) in [6.45, 7) is 1.84. The number of carbonyl (C=O) groups excluding carboxylic acids is 1. The average Bonchev–Trinajstić information content (AvgIpc) is 2.47. The van der Waals surface area contributed by atoms with Gasteiger partial charge in [-0.2, -0.15) is 0 Å². The summed E-state index contributed by atoms with van der Waals surface area (Å²) < 4.78 is 22.8. The van der Waals surface area contributed by atoms with Crippen LogP contribution in [0.15, 0.2) is 53.7 Å². The molecule has 110 valence electrons. The normalized spacial score (nSPS) is 12.7. The van der Waals surface area contributed by atoms with E-state index in [-0.39, 0.29) is 16.8 Å². The third-order valence-corrected chi connectivity index (χ3v) is 4.21. The predicted octanol–water partition coefficient (Wildman–Crippen LogP) is 1.98. The van der Waals surface area contributed by atoms with Crippen LogP contribution in [0.3, 0.4) is 0 Å². The number of hydrogen-bond donors (Lipinski definition) is 1. The fraction of sp³-hybridized carbons (Fsp3) is 0.200. The second-order valence-corrected chi connectivity index (χ2v) is 6.79. The van der Waals surface area contributed by atoms with Crippen LogP contribution in [-0.2, 0) is 9.84 Å². The molecule has 0 fully saturated rings. The van der Waals surface area contributed by atoms with Crippen LogP contribution in [0.2, 0.25) is 0 Å². The monoisotopic (exact) mass is 304 g/mol. The summed E-state index contributed by atoms with van der Waals surface area (Å²) in [4.78, 5) is 16.2. The Bertz CT molecular complexity index is 725. The molecular weight excluding hydrogens is 288 g/mol. The molecule has 21 heavy (non-hydrogen) atoms. The van der Waals surface area contributed by atoms with E-state index in [2.05, 4.69) is 10.3 Å². The number of amides is 1. The van der Waals surface area contributed by atoms with Gasteiger partial charge in [0.05, 0.1) is 16.5 Å². The highest BCUT2D eigenvalue weighted by molar-refractivity contribution is 7.90. The summed E-state index contributed by atoms with van der Waals surface area (Å²) in [6.07, 6.45) is 4.26. The molecule has 1 N–H and O–H groups in total. The number of nitrogens with zero attached hydrogens (tertiary/aromatic N) is 1. The highest BCUT2D eigenvalue weighted by Gasteiger charge is 2.13. The molecule has 5 nitrogen and oxygen atoms in total. The second kappa shape index (κ2) is 6.05. The molecule has 0 saturated carbocycles. The molecule has 0 aliphatic carbocycles. The highest BCUT2D eigenvalue weighted by Crippen LogP contribution is 2.16. The Morgan fingerprint density at radius 2 is 1.86 bits per heavy atom. The minimum absolute atomic E-state index is 0.220. The molecule has 2 aromatic rings. The number of nitrogens with one attached hydrogen (secondary N) is 1. The largest absolute Gasteiger partial charge is 0.345 e. The van der Waals surface area contributed by atoms with Crippen LogP contribution >= 0.6 is 0 Å². The summed E-state index contributed by atoms with van der Waals surface area (Å²) in [6, 6.07) is 9.62. The molecule has 6 heteroatoms. The molecule has 1 atom stereocenters. The van der Waals surface area contributed by atoms with E-state index in [0.29, 0.717) is 5.56 Å². The molecule has 1 aromatic heterocycles. The van der Waals surface area contributed by atoms with Crippen molar-refractivity contribution in [3.05, 3.63) is 59.9 Å². The number of rotatable bonds is 4. The Hall–Kier alpha value is -2.21. The number of aromatic nitrogens is 1. The van der Waals surface area contributed by atoms with Crippen molar-refractivity contribution in [1.29, 1.82) is 0 Å². The van der Waals surface area contributed by atoms with Crippen LogP contribution in [0.1, 0.15) is 28.9 Å². The zero-order chi connectivity index (χ0) is 15.5. The molecule has 0 spiro atoms. The van der Waals surface area contributed by atoms with Crippen LogP contribution in [-0.4, -0.2) is 25.6 Å². The molecular formula is C15H16N2O3S. The molecule has 0 bridgehead atoms. The molecule has 0 aliphatic heterocycles. The van der Waals surface area contributed by atoms with Crippen LogP contribution in [0.4, 0.5) is 0 Å². The van der Waals surface area contributed by atoms with E-state index >= 15 is 0 Å². The molecule has 0 saturated heterocycles. The lowest BCUT2D eigenvalue weighted by atomic mass is 10.1. The van der Waals surface area contributed by atoms with Crippen molar-refractivity contribution in [2.24, 2.45) is 0 Å². The maximum Gasteiger partial charge on any atom is 0.253 e. The topological polar surface area (TPSA) is 76.1 Å². The van der Waals surface area contributed by atoms with Crippen LogP contribution in [0.5, 0.6) is 0 Å². The van der Waals surface area contributed by atoms with E-state index in [1.165, 1.54) is 18.3 Å². The molecule has 0 aliphatic rings. The molecule has 0 unspecified atom stereocenters. The van der Waals surface area contributed by atoms with E-state index in [9.17, 15) is 13.2 Å². The maximum absolute atomic E-state index is 12.0. The van der Waals surface area contributed by atoms with Crippen molar-refractivity contribution in [3.8, 4) is 0 Å². The first kappa shape index (κ1) is 15.2. The van der Waals surface area contributed by atoms with Crippen molar-refractivity contribution in [1.82, 2.24) is 10.3 Å². The number of carbonyl (C=O) groups is 1. The second-order valence-electron chi connectivity index (χ2n) is 4.78. The summed E-state index contributed by atoms with van der Waals surface area (Å²) in [5.74, 6) is -0.220. The number of sulfone groups is 1. The quantitative estimate of drug-likeness (QED) is 0.937. The minimum Gasteiger partial charge on any atom is -0.345 e. The van der Waals surface area contributed by atoms with Gasteiger partial charge in [0.25, 0.3) is 5.91 Å². The van der Waals surface area contributed by atoms with Crippen molar-refractivity contribution in [3.63, 3.8) is 0 Å². The van der Waals surface area contributed by atoms with E-state index < -0.39 is 9.84 Å². The van der Waals surface area contributed by atoms with Gasteiger partial charge in [-0.3, -0.25) is 9.78 Å². The standard InChI is InChI=1S/C15H16N2O3S/c1-11(17-15(18)13-4-3-9-16-10-13)12-5-7-14(8-6-12)21(2,19)20/h3-11H,1-2H3,(H,17,18)/t11-/m0/s1. The summed E-state index contributed by atoms with van der Waals surface area (Å²) >= 11 is 0. The molecule has 2 rings (SSSR count). The van der Waals surface area contributed by atoms with E-state index in [1.54, 1.807) is 30.5 Å². The van der Waals surface area contributed by atoms with Crippen molar-refractivity contribution in [2.45, 2.75) is 17.9 Å². The summed E-state index contributed by atoms with van der Waals surface area (Å²) in [5, 5.41) is 2.84. The average molecular weight is 304 g/mol. The first-order valence-electron chi connectivity index (χ1n) is 6.39. The Morgan fingerprint density at radius 1 is 1.19 bits per heavy atom. The van der Waals surface area contributed by atoms with Crippen molar-refractivity contribution in [2.75, 3.05) is 6.26 Å². The van der Waals surface area contributed by atoms with Gasteiger partial charge in [-0.25, -0.2) is 8.42 Å². The SMILES string of the molecule is C[C@H](NC(=O)c1cccnc1)c1ccc(S(C)(=O)=O)cc1. The Morgan fingerprint density at radius 3 is 2.38 bits per heavy atom. The van der Waals surface area contributed by atoms with Gasteiger partial charge in [0.1, 0.15) is 0 Å². The number of benzene rings is 1. The van der Waals surface area contributed by atoms with Gasteiger partial charge in [0.15, 0.2) is 9.84 Å². The molecule has 1 heterocycles. The van der Waals surface area contributed by atoms with Gasteiger partial charge in [-0.15, -0.1) is 0 Å². The number of hydrogen-bond acceptors (Lipinski definition) is 4. The third-order valence-electron chi connectivity index (χ3n) is 3.08. The van der Waals surface area contributed by atoms with Gasteiger partial charge in [0, 0.05) is 18.6 Å². The summed E-state index contributed by atoms with van der Waals surface area (Å²) in [7, 11) is -3.21. The van der Waals surface area contributed by atoms with E-state index in [4.69, 9.17) is 0 Å². The molecule has 0 radical (unpaired) electrons. The molecule has 1 amide bonds. The van der Waals surface area contributed by atoms with E-state index in [1.807, 2.05) is 6.92 Å². The van der Waals surface area contributed by atoms with Crippen molar-refractivity contribution < 1.29 is 13.2 Å². The van der Waals surface area contributed by atoms with Gasteiger partial charge in [-0.1, -0.05) is 12.1 Å². The predicted molar refractivity (Wildman–Crippen MR) is 79.7 cm³/mol. The Balaban J connectivity index is 2.10. The van der Waals surface area contributed by atoms with E-state index in [0.717, 1.165) is 11.8 Å². The smallest absolute Gasteiger partial charge is 0.253 e. The zero-order valence-corrected chi connectivity index (χ0v) is 12.6. The van der Waals surface area contributed by atoms with Gasteiger partial charge < -0.3 is 5.32 Å².